The van der Waals surface area contributed by atoms with Crippen LogP contribution in [0.4, 0.5) is 0 Å². The molecule has 0 radical (unpaired) electrons. The van der Waals surface area contributed by atoms with Gasteiger partial charge in [-0.3, -0.25) is 4.79 Å². The van der Waals surface area contributed by atoms with Crippen LogP contribution in [0.5, 0.6) is 0 Å². The molecule has 1 heterocycles. The first-order valence-corrected chi connectivity index (χ1v) is 10.0. The molecule has 1 unspecified atom stereocenters. The van der Waals surface area contributed by atoms with Crippen molar-refractivity contribution in [3.05, 3.63) is 35.9 Å². The number of rotatable bonds is 5. The maximum absolute atomic E-state index is 12.4. The zero-order valence-corrected chi connectivity index (χ0v) is 15.9. The van der Waals surface area contributed by atoms with Gasteiger partial charge in [0.2, 0.25) is 5.91 Å². The van der Waals surface area contributed by atoms with Crippen LogP contribution in [0.3, 0.4) is 0 Å². The molecular weight excluding hydrogens is 348 g/mol. The van der Waals surface area contributed by atoms with Crippen LogP contribution < -0.4 is 5.73 Å². The minimum absolute atomic E-state index is 0. The predicted octanol–water partition coefficient (Wildman–Crippen LogP) is 1.75. The van der Waals surface area contributed by atoms with Crippen molar-refractivity contribution < 1.29 is 13.2 Å². The Hall–Kier alpha value is -1.11. The third-order valence-electron chi connectivity index (χ3n) is 4.77. The van der Waals surface area contributed by atoms with Gasteiger partial charge in [0.25, 0.3) is 0 Å². The van der Waals surface area contributed by atoms with Crippen molar-refractivity contribution in [3.8, 4) is 0 Å². The second kappa shape index (κ2) is 8.32. The summed E-state index contributed by atoms with van der Waals surface area (Å²) in [6.45, 7) is 3.56. The van der Waals surface area contributed by atoms with E-state index >= 15 is 0 Å². The summed E-state index contributed by atoms with van der Waals surface area (Å²) in [5, 5.41) is 0. The van der Waals surface area contributed by atoms with Crippen molar-refractivity contribution in [1.29, 1.82) is 0 Å². The average molecular weight is 375 g/mol. The van der Waals surface area contributed by atoms with Crippen LogP contribution >= 0.6 is 12.4 Å². The summed E-state index contributed by atoms with van der Waals surface area (Å²) in [5.74, 6) is -0.182. The SMILES string of the molecule is CC1(c2ccccc2)CCN(C(=O)C(N)CCS(C)(=O)=O)CC1.Cl. The summed E-state index contributed by atoms with van der Waals surface area (Å²) >= 11 is 0. The van der Waals surface area contributed by atoms with E-state index in [1.54, 1.807) is 4.90 Å². The molecule has 136 valence electrons. The number of carbonyl (C=O) groups excluding carboxylic acids is 1. The van der Waals surface area contributed by atoms with Gasteiger partial charge < -0.3 is 10.6 Å². The van der Waals surface area contributed by atoms with Crippen molar-refractivity contribution in [1.82, 2.24) is 4.90 Å². The van der Waals surface area contributed by atoms with Crippen LogP contribution in [-0.4, -0.2) is 50.4 Å². The van der Waals surface area contributed by atoms with Crippen LogP contribution in [0.25, 0.3) is 0 Å². The Balaban J connectivity index is 0.00000288. The number of hydrogen-bond acceptors (Lipinski definition) is 4. The molecule has 0 aliphatic carbocycles. The molecule has 1 aromatic carbocycles. The Morgan fingerprint density at radius 2 is 1.79 bits per heavy atom. The van der Waals surface area contributed by atoms with E-state index in [-0.39, 0.29) is 35.9 Å². The fourth-order valence-corrected chi connectivity index (χ4v) is 3.73. The minimum atomic E-state index is -3.09. The molecule has 2 N–H and O–H groups in total. The molecule has 2 rings (SSSR count). The van der Waals surface area contributed by atoms with E-state index in [0.29, 0.717) is 13.1 Å². The highest BCUT2D eigenvalue weighted by molar-refractivity contribution is 7.90. The summed E-state index contributed by atoms with van der Waals surface area (Å²) in [7, 11) is -3.09. The quantitative estimate of drug-likeness (QED) is 0.851. The largest absolute Gasteiger partial charge is 0.341 e. The third kappa shape index (κ3) is 5.46. The summed E-state index contributed by atoms with van der Waals surface area (Å²) in [5.41, 5.74) is 7.26. The standard InChI is InChI=1S/C17H26N2O3S.ClH/c1-17(14-6-4-3-5-7-14)9-11-19(12-10-17)16(20)15(18)8-13-23(2,21)22;/h3-7,15H,8-13,18H2,1-2H3;1H. The fourth-order valence-electron chi connectivity index (χ4n) is 3.05. The van der Waals surface area contributed by atoms with E-state index in [2.05, 4.69) is 19.1 Å². The number of piperidine rings is 1. The highest BCUT2D eigenvalue weighted by Gasteiger charge is 2.34. The maximum atomic E-state index is 12.4. The molecule has 1 aliphatic rings. The number of benzene rings is 1. The van der Waals surface area contributed by atoms with E-state index in [1.165, 1.54) is 5.56 Å². The molecule has 1 aliphatic heterocycles. The normalized spacial score (nSPS) is 18.5. The lowest BCUT2D eigenvalue weighted by molar-refractivity contribution is -0.134. The molecule has 1 aromatic rings. The molecule has 0 saturated carbocycles. The monoisotopic (exact) mass is 374 g/mol. The number of nitrogens with zero attached hydrogens (tertiary/aromatic N) is 1. The van der Waals surface area contributed by atoms with Gasteiger partial charge in [-0.25, -0.2) is 8.42 Å². The Labute approximate surface area is 150 Å². The second-order valence-corrected chi connectivity index (χ2v) is 9.04. The van der Waals surface area contributed by atoms with Crippen molar-refractivity contribution in [2.45, 2.75) is 37.6 Å². The van der Waals surface area contributed by atoms with Gasteiger partial charge in [0.05, 0.1) is 11.8 Å². The molecule has 24 heavy (non-hydrogen) atoms. The van der Waals surface area contributed by atoms with Gasteiger partial charge in [-0.2, -0.15) is 0 Å². The van der Waals surface area contributed by atoms with Gasteiger partial charge >= 0.3 is 0 Å². The Morgan fingerprint density at radius 1 is 1.25 bits per heavy atom. The summed E-state index contributed by atoms with van der Waals surface area (Å²) in [6.07, 6.45) is 3.13. The first kappa shape index (κ1) is 20.9. The summed E-state index contributed by atoms with van der Waals surface area (Å²) < 4.78 is 22.4. The topological polar surface area (TPSA) is 80.5 Å². The molecule has 1 fully saturated rings. The number of nitrogens with two attached hydrogens (primary N) is 1. The summed E-state index contributed by atoms with van der Waals surface area (Å²) in [4.78, 5) is 14.1. The average Bonchev–Trinajstić information content (AvgIpc) is 2.53. The number of sulfone groups is 1. The van der Waals surface area contributed by atoms with Gasteiger partial charge in [-0.1, -0.05) is 37.3 Å². The second-order valence-electron chi connectivity index (χ2n) is 6.78. The Morgan fingerprint density at radius 3 is 2.29 bits per heavy atom. The zero-order chi connectivity index (χ0) is 17.1. The van der Waals surface area contributed by atoms with E-state index in [0.717, 1.165) is 19.1 Å². The molecule has 5 nitrogen and oxygen atoms in total. The van der Waals surface area contributed by atoms with E-state index in [4.69, 9.17) is 5.73 Å². The van der Waals surface area contributed by atoms with Gasteiger partial charge in [0.15, 0.2) is 0 Å². The first-order chi connectivity index (χ1) is 10.7. The molecule has 1 atom stereocenters. The number of amides is 1. The molecule has 1 amide bonds. The summed E-state index contributed by atoms with van der Waals surface area (Å²) in [6, 6.07) is 9.63. The molecule has 1 saturated heterocycles. The predicted molar refractivity (Wildman–Crippen MR) is 99.2 cm³/mol. The molecule has 0 spiro atoms. The molecule has 7 heteroatoms. The molecular formula is C17H27ClN2O3S. The van der Waals surface area contributed by atoms with Crippen molar-refractivity contribution in [3.63, 3.8) is 0 Å². The van der Waals surface area contributed by atoms with Gasteiger partial charge in [0, 0.05) is 19.3 Å². The van der Waals surface area contributed by atoms with Gasteiger partial charge in [-0.05, 0) is 30.2 Å². The number of halogens is 1. The molecule has 0 bridgehead atoms. The molecule has 0 aromatic heterocycles. The highest BCUT2D eigenvalue weighted by Crippen LogP contribution is 2.34. The van der Waals surface area contributed by atoms with Gasteiger partial charge in [0.1, 0.15) is 9.84 Å². The van der Waals surface area contributed by atoms with Crippen LogP contribution in [0.15, 0.2) is 30.3 Å². The van der Waals surface area contributed by atoms with Crippen LogP contribution in [-0.2, 0) is 20.0 Å². The van der Waals surface area contributed by atoms with E-state index in [1.807, 2.05) is 18.2 Å². The maximum Gasteiger partial charge on any atom is 0.239 e. The minimum Gasteiger partial charge on any atom is -0.341 e. The van der Waals surface area contributed by atoms with Crippen LogP contribution in [0.2, 0.25) is 0 Å². The Kier molecular flexibility index (Phi) is 7.25. The number of carbonyl (C=O) groups is 1. The van der Waals surface area contributed by atoms with Crippen molar-refractivity contribution >= 4 is 28.2 Å². The Bertz CT molecular complexity index is 641. The number of hydrogen-bond donors (Lipinski definition) is 1. The van der Waals surface area contributed by atoms with Crippen molar-refractivity contribution in [2.75, 3.05) is 25.1 Å². The number of likely N-dealkylation sites (tertiary alicyclic amines) is 1. The lowest BCUT2D eigenvalue weighted by atomic mass is 9.74. The van der Waals surface area contributed by atoms with E-state index < -0.39 is 15.9 Å². The zero-order valence-electron chi connectivity index (χ0n) is 14.3. The van der Waals surface area contributed by atoms with Crippen LogP contribution in [0.1, 0.15) is 31.7 Å². The van der Waals surface area contributed by atoms with E-state index in [9.17, 15) is 13.2 Å². The lowest BCUT2D eigenvalue weighted by Gasteiger charge is -2.40. The first-order valence-electron chi connectivity index (χ1n) is 7.99. The van der Waals surface area contributed by atoms with Gasteiger partial charge in [-0.15, -0.1) is 12.4 Å². The fraction of sp³-hybridized carbons (Fsp3) is 0.588. The van der Waals surface area contributed by atoms with Crippen molar-refractivity contribution in [2.24, 2.45) is 5.73 Å². The lowest BCUT2D eigenvalue weighted by Crippen LogP contribution is -2.50. The highest BCUT2D eigenvalue weighted by atomic mass is 35.5. The van der Waals surface area contributed by atoms with Crippen LogP contribution in [0, 0.1) is 0 Å². The third-order valence-corrected chi connectivity index (χ3v) is 5.74. The smallest absolute Gasteiger partial charge is 0.239 e.